The number of amides is 3. The molecule has 0 saturated carbocycles. The third-order valence-corrected chi connectivity index (χ3v) is 6.25. The lowest BCUT2D eigenvalue weighted by Gasteiger charge is -2.21. The number of aromatic nitrogens is 2. The number of fused-ring (bicyclic) bond motifs is 1. The zero-order chi connectivity index (χ0) is 21.2. The standard InChI is InChI=1S/C16H19N5O6S2/c1-9(2)13(15(23)27-8-12(22)21-7-6-17-16(21)24)20-29(25,26)11-5-3-4-10-14(11)19-28-18-10/h3-5,9,13,20H,6-8H2,1-2H3,(H,17,24)/t13-/m0/s1. The fourth-order valence-corrected chi connectivity index (χ4v) is 4.79. The van der Waals surface area contributed by atoms with Crippen molar-refractivity contribution in [3.05, 3.63) is 18.2 Å². The number of sulfonamides is 1. The number of nitrogens with zero attached hydrogens (tertiary/aromatic N) is 3. The molecule has 13 heteroatoms. The molecule has 11 nitrogen and oxygen atoms in total. The van der Waals surface area contributed by atoms with Gasteiger partial charge in [-0.15, -0.1) is 0 Å². The highest BCUT2D eigenvalue weighted by atomic mass is 32.2. The minimum atomic E-state index is -4.12. The van der Waals surface area contributed by atoms with Crippen molar-refractivity contribution in [1.82, 2.24) is 23.7 Å². The van der Waals surface area contributed by atoms with Crippen LogP contribution in [0.25, 0.3) is 11.0 Å². The molecule has 2 N–H and O–H groups in total. The number of urea groups is 1. The summed E-state index contributed by atoms with van der Waals surface area (Å²) in [6, 6.07) is 2.73. The molecule has 1 saturated heterocycles. The number of ether oxygens (including phenoxy) is 1. The Hall–Kier alpha value is -2.64. The van der Waals surface area contributed by atoms with Crippen LogP contribution in [0.15, 0.2) is 23.1 Å². The summed E-state index contributed by atoms with van der Waals surface area (Å²) in [6.45, 7) is 3.11. The third-order valence-electron chi connectivity index (χ3n) is 4.24. The highest BCUT2D eigenvalue weighted by Crippen LogP contribution is 2.22. The fourth-order valence-electron chi connectivity index (χ4n) is 2.70. The lowest BCUT2D eigenvalue weighted by Crippen LogP contribution is -2.46. The number of benzene rings is 1. The molecule has 1 atom stereocenters. The van der Waals surface area contributed by atoms with Crippen molar-refractivity contribution in [3.8, 4) is 0 Å². The Morgan fingerprint density at radius 1 is 1.34 bits per heavy atom. The van der Waals surface area contributed by atoms with Gasteiger partial charge in [0.2, 0.25) is 10.0 Å². The van der Waals surface area contributed by atoms with Crippen LogP contribution in [0.3, 0.4) is 0 Å². The number of carbonyl (C=O) groups is 3. The monoisotopic (exact) mass is 441 g/mol. The minimum Gasteiger partial charge on any atom is -0.454 e. The van der Waals surface area contributed by atoms with Crippen LogP contribution in [0.5, 0.6) is 0 Å². The molecule has 1 aromatic heterocycles. The molecule has 3 amide bonds. The van der Waals surface area contributed by atoms with E-state index in [-0.39, 0.29) is 17.0 Å². The summed E-state index contributed by atoms with van der Waals surface area (Å²) in [6.07, 6.45) is 0. The van der Waals surface area contributed by atoms with Crippen LogP contribution < -0.4 is 10.0 Å². The van der Waals surface area contributed by atoms with Gasteiger partial charge in [-0.25, -0.2) is 13.2 Å². The van der Waals surface area contributed by atoms with Gasteiger partial charge in [0.25, 0.3) is 5.91 Å². The molecule has 1 fully saturated rings. The van der Waals surface area contributed by atoms with Crippen molar-refractivity contribution in [2.45, 2.75) is 24.8 Å². The van der Waals surface area contributed by atoms with Crippen molar-refractivity contribution in [2.75, 3.05) is 19.7 Å². The van der Waals surface area contributed by atoms with E-state index in [1.165, 1.54) is 12.1 Å². The molecular formula is C16H19N5O6S2. The van der Waals surface area contributed by atoms with Gasteiger partial charge in [0.05, 0.1) is 11.7 Å². The van der Waals surface area contributed by atoms with Crippen LogP contribution in [-0.2, 0) is 24.3 Å². The summed E-state index contributed by atoms with van der Waals surface area (Å²) < 4.78 is 41.0. The summed E-state index contributed by atoms with van der Waals surface area (Å²) in [5.41, 5.74) is 0.632. The van der Waals surface area contributed by atoms with Crippen LogP contribution in [0.2, 0.25) is 0 Å². The Morgan fingerprint density at radius 2 is 2.10 bits per heavy atom. The topological polar surface area (TPSA) is 148 Å². The van der Waals surface area contributed by atoms with Crippen molar-refractivity contribution >= 4 is 50.7 Å². The van der Waals surface area contributed by atoms with E-state index in [9.17, 15) is 22.8 Å². The Balaban J connectivity index is 1.72. The zero-order valence-electron chi connectivity index (χ0n) is 15.6. The maximum Gasteiger partial charge on any atom is 0.324 e. The summed E-state index contributed by atoms with van der Waals surface area (Å²) in [7, 11) is -4.12. The maximum atomic E-state index is 12.8. The van der Waals surface area contributed by atoms with Crippen LogP contribution in [0.4, 0.5) is 4.79 Å². The number of hydrogen-bond acceptors (Lipinski definition) is 9. The number of nitrogens with one attached hydrogen (secondary N) is 2. The third kappa shape index (κ3) is 4.52. The van der Waals surface area contributed by atoms with Crippen molar-refractivity contribution < 1.29 is 27.5 Å². The molecule has 2 aromatic rings. The lowest BCUT2D eigenvalue weighted by atomic mass is 10.1. The second kappa shape index (κ2) is 8.39. The van der Waals surface area contributed by atoms with E-state index in [2.05, 4.69) is 18.8 Å². The highest BCUT2D eigenvalue weighted by Gasteiger charge is 2.33. The van der Waals surface area contributed by atoms with E-state index in [1.54, 1.807) is 19.9 Å². The molecule has 0 bridgehead atoms. The predicted molar refractivity (Wildman–Crippen MR) is 102 cm³/mol. The SMILES string of the molecule is CC(C)[C@H](NS(=O)(=O)c1cccc2nsnc12)C(=O)OCC(=O)N1CCNC1=O. The number of imide groups is 1. The van der Waals surface area contributed by atoms with E-state index in [1.807, 2.05) is 0 Å². The zero-order valence-corrected chi connectivity index (χ0v) is 17.2. The lowest BCUT2D eigenvalue weighted by molar-refractivity contribution is -0.153. The van der Waals surface area contributed by atoms with Gasteiger partial charge in [-0.3, -0.25) is 14.5 Å². The van der Waals surface area contributed by atoms with Gasteiger partial charge in [0, 0.05) is 13.1 Å². The molecule has 3 rings (SSSR count). The fraction of sp³-hybridized carbons (Fsp3) is 0.438. The first-order valence-electron chi connectivity index (χ1n) is 8.69. The Kier molecular flexibility index (Phi) is 6.10. The highest BCUT2D eigenvalue weighted by molar-refractivity contribution is 7.89. The van der Waals surface area contributed by atoms with Crippen molar-refractivity contribution in [2.24, 2.45) is 5.92 Å². The van der Waals surface area contributed by atoms with Gasteiger partial charge >= 0.3 is 12.0 Å². The van der Waals surface area contributed by atoms with Crippen LogP contribution in [0, 0.1) is 5.92 Å². The molecule has 156 valence electrons. The minimum absolute atomic E-state index is 0.105. The summed E-state index contributed by atoms with van der Waals surface area (Å²) >= 11 is 0.880. The Morgan fingerprint density at radius 3 is 2.76 bits per heavy atom. The average molecular weight is 441 g/mol. The molecule has 1 aromatic carbocycles. The Labute approximate surface area is 170 Å². The van der Waals surface area contributed by atoms with Gasteiger partial charge in [0.15, 0.2) is 6.61 Å². The molecule has 29 heavy (non-hydrogen) atoms. The average Bonchev–Trinajstić information content (AvgIpc) is 3.32. The quantitative estimate of drug-likeness (QED) is 0.575. The molecule has 0 aliphatic carbocycles. The molecule has 2 heterocycles. The van der Waals surface area contributed by atoms with E-state index in [4.69, 9.17) is 4.74 Å². The van der Waals surface area contributed by atoms with Crippen LogP contribution >= 0.6 is 11.7 Å². The Bertz CT molecular complexity index is 1050. The van der Waals surface area contributed by atoms with Crippen molar-refractivity contribution in [1.29, 1.82) is 0 Å². The predicted octanol–water partition coefficient (Wildman–Crippen LogP) is 0.0892. The number of carbonyl (C=O) groups excluding carboxylic acids is 3. The van der Waals surface area contributed by atoms with Gasteiger partial charge < -0.3 is 10.1 Å². The van der Waals surface area contributed by atoms with Crippen LogP contribution in [-0.4, -0.2) is 65.7 Å². The normalized spacial score (nSPS) is 15.6. The van der Waals surface area contributed by atoms with E-state index in [0.29, 0.717) is 12.1 Å². The second-order valence-corrected chi connectivity index (χ2v) is 8.83. The van der Waals surface area contributed by atoms with Crippen molar-refractivity contribution in [3.63, 3.8) is 0 Å². The maximum absolute atomic E-state index is 12.8. The van der Waals surface area contributed by atoms with Gasteiger partial charge in [-0.05, 0) is 18.1 Å². The first-order chi connectivity index (χ1) is 13.7. The smallest absolute Gasteiger partial charge is 0.324 e. The molecule has 0 spiro atoms. The van der Waals surface area contributed by atoms with Gasteiger partial charge in [-0.1, -0.05) is 19.9 Å². The van der Waals surface area contributed by atoms with E-state index in [0.717, 1.165) is 16.6 Å². The molecule has 1 aliphatic rings. The summed E-state index contributed by atoms with van der Waals surface area (Å²) in [5.74, 6) is -2.06. The number of rotatable bonds is 7. The number of hydrogen-bond donors (Lipinski definition) is 2. The largest absolute Gasteiger partial charge is 0.454 e. The van der Waals surface area contributed by atoms with Gasteiger partial charge in [-0.2, -0.15) is 13.5 Å². The summed E-state index contributed by atoms with van der Waals surface area (Å²) in [4.78, 5) is 36.8. The molecule has 0 radical (unpaired) electrons. The molecule has 1 aliphatic heterocycles. The summed E-state index contributed by atoms with van der Waals surface area (Å²) in [5, 5.41) is 2.46. The first-order valence-corrected chi connectivity index (χ1v) is 10.9. The first kappa shape index (κ1) is 21.1. The molecule has 0 unspecified atom stereocenters. The van der Waals surface area contributed by atoms with Gasteiger partial charge in [0.1, 0.15) is 22.0 Å². The second-order valence-electron chi connectivity index (χ2n) is 6.62. The van der Waals surface area contributed by atoms with E-state index >= 15 is 0 Å². The van der Waals surface area contributed by atoms with Crippen LogP contribution in [0.1, 0.15) is 13.8 Å². The molecular weight excluding hydrogens is 422 g/mol. The number of esters is 1. The van der Waals surface area contributed by atoms with E-state index < -0.39 is 46.5 Å².